The molecule has 2 aliphatic rings. The predicted octanol–water partition coefficient (Wildman–Crippen LogP) is 1.77. The number of hydrogen-bond donors (Lipinski definition) is 2. The average Bonchev–Trinajstić information content (AvgIpc) is 2.79. The lowest BCUT2D eigenvalue weighted by atomic mass is 10.0. The number of alkyl halides is 3. The topological polar surface area (TPSA) is 84.3 Å². The smallest absolute Gasteiger partial charge is 0.475 e. The van der Waals surface area contributed by atoms with Gasteiger partial charge in [-0.1, -0.05) is 0 Å². The number of nitrogens with zero attached hydrogens (tertiary/aromatic N) is 2. The molecule has 0 aliphatic carbocycles. The van der Waals surface area contributed by atoms with Gasteiger partial charge in [0.25, 0.3) is 0 Å². The van der Waals surface area contributed by atoms with E-state index in [2.05, 4.69) is 15.3 Å². The Morgan fingerprint density at radius 2 is 1.86 bits per heavy atom. The largest absolute Gasteiger partial charge is 0.490 e. The van der Waals surface area contributed by atoms with Gasteiger partial charge in [0.1, 0.15) is 6.10 Å². The van der Waals surface area contributed by atoms with Crippen LogP contribution in [0.1, 0.15) is 25.7 Å². The van der Waals surface area contributed by atoms with Gasteiger partial charge in [0.05, 0.1) is 6.20 Å². The van der Waals surface area contributed by atoms with E-state index in [0.29, 0.717) is 24.1 Å². The molecule has 2 bridgehead atoms. The van der Waals surface area contributed by atoms with Crippen LogP contribution in [0.4, 0.5) is 13.2 Å². The Kier molecular flexibility index (Phi) is 5.17. The standard InChI is InChI=1S/C11H15N3O.C2HF3O2/c1-2-9-6-10(5-8(1)14-9)15-11-7-12-3-4-13-11;3-2(4,5)1(6)7/h3-4,7-10,14H,1-2,5-6H2;(H,6,7)/t8-,9+,10?;. The van der Waals surface area contributed by atoms with Crippen LogP contribution in [-0.4, -0.2) is 45.4 Å². The lowest BCUT2D eigenvalue weighted by Crippen LogP contribution is -2.42. The molecule has 1 unspecified atom stereocenters. The number of nitrogens with one attached hydrogen (secondary N) is 1. The highest BCUT2D eigenvalue weighted by molar-refractivity contribution is 5.73. The second kappa shape index (κ2) is 6.91. The number of aliphatic carboxylic acids is 1. The van der Waals surface area contributed by atoms with Crippen LogP contribution in [0.15, 0.2) is 18.6 Å². The molecule has 122 valence electrons. The number of carboxylic acids is 1. The minimum atomic E-state index is -5.08. The molecule has 6 nitrogen and oxygen atoms in total. The lowest BCUT2D eigenvalue weighted by molar-refractivity contribution is -0.192. The van der Waals surface area contributed by atoms with Gasteiger partial charge in [0.15, 0.2) is 0 Å². The Morgan fingerprint density at radius 3 is 2.32 bits per heavy atom. The normalized spacial score (nSPS) is 26.8. The van der Waals surface area contributed by atoms with E-state index in [1.807, 2.05) is 0 Å². The number of aromatic nitrogens is 2. The number of fused-ring (bicyclic) bond motifs is 2. The van der Waals surface area contributed by atoms with Gasteiger partial charge in [-0.05, 0) is 25.7 Å². The van der Waals surface area contributed by atoms with Crippen molar-refractivity contribution in [3.05, 3.63) is 18.6 Å². The number of piperidine rings is 1. The first-order valence-electron chi connectivity index (χ1n) is 6.83. The molecule has 0 radical (unpaired) electrons. The Morgan fingerprint density at radius 1 is 1.27 bits per heavy atom. The molecule has 3 atom stereocenters. The maximum atomic E-state index is 10.6. The maximum Gasteiger partial charge on any atom is 0.490 e. The van der Waals surface area contributed by atoms with Gasteiger partial charge in [0, 0.05) is 24.5 Å². The molecule has 0 spiro atoms. The molecule has 3 heterocycles. The van der Waals surface area contributed by atoms with E-state index < -0.39 is 12.1 Å². The van der Waals surface area contributed by atoms with Crippen LogP contribution >= 0.6 is 0 Å². The Balaban J connectivity index is 0.000000217. The van der Waals surface area contributed by atoms with E-state index >= 15 is 0 Å². The second-order valence-corrected chi connectivity index (χ2v) is 5.20. The minimum Gasteiger partial charge on any atom is -0.475 e. The van der Waals surface area contributed by atoms with E-state index in [-0.39, 0.29) is 0 Å². The van der Waals surface area contributed by atoms with E-state index in [1.165, 1.54) is 12.8 Å². The first-order chi connectivity index (χ1) is 10.3. The number of carbonyl (C=O) groups is 1. The zero-order valence-electron chi connectivity index (χ0n) is 11.6. The molecule has 9 heteroatoms. The number of carboxylic acid groups (broad SMARTS) is 1. The van der Waals surface area contributed by atoms with E-state index in [9.17, 15) is 13.2 Å². The van der Waals surface area contributed by atoms with Crippen molar-refractivity contribution in [1.29, 1.82) is 0 Å². The summed E-state index contributed by atoms with van der Waals surface area (Å²) in [5.74, 6) is -2.10. The molecule has 3 rings (SSSR count). The third kappa shape index (κ3) is 4.83. The fraction of sp³-hybridized carbons (Fsp3) is 0.615. The summed E-state index contributed by atoms with van der Waals surface area (Å²) in [6.45, 7) is 0. The molecule has 1 aromatic rings. The summed E-state index contributed by atoms with van der Waals surface area (Å²) in [6, 6.07) is 1.32. The molecule has 0 amide bonds. The average molecular weight is 319 g/mol. The highest BCUT2D eigenvalue weighted by Gasteiger charge is 2.38. The third-order valence-electron chi connectivity index (χ3n) is 3.50. The summed E-state index contributed by atoms with van der Waals surface area (Å²) in [5.41, 5.74) is 0. The second-order valence-electron chi connectivity index (χ2n) is 5.20. The van der Waals surface area contributed by atoms with E-state index in [4.69, 9.17) is 14.6 Å². The summed E-state index contributed by atoms with van der Waals surface area (Å²) >= 11 is 0. The molecule has 22 heavy (non-hydrogen) atoms. The van der Waals surface area contributed by atoms with Crippen molar-refractivity contribution in [3.63, 3.8) is 0 Å². The highest BCUT2D eigenvalue weighted by Crippen LogP contribution is 2.28. The summed E-state index contributed by atoms with van der Waals surface area (Å²) in [5, 5.41) is 10.7. The monoisotopic (exact) mass is 319 g/mol. The molecule has 0 aromatic carbocycles. The van der Waals surface area contributed by atoms with Gasteiger partial charge < -0.3 is 15.2 Å². The fourth-order valence-corrected chi connectivity index (χ4v) is 2.62. The van der Waals surface area contributed by atoms with Crippen LogP contribution in [0.25, 0.3) is 0 Å². The summed E-state index contributed by atoms with van der Waals surface area (Å²) in [6.07, 6.45) is 5.06. The first-order valence-corrected chi connectivity index (χ1v) is 6.83. The molecular formula is C13H16F3N3O3. The highest BCUT2D eigenvalue weighted by atomic mass is 19.4. The SMILES string of the molecule is O=C(O)C(F)(F)F.c1cnc(OC2C[C@H]3CC[C@@H](C2)N3)cn1. The minimum absolute atomic E-state index is 0.320. The van der Waals surface area contributed by atoms with Crippen molar-refractivity contribution in [3.8, 4) is 5.88 Å². The van der Waals surface area contributed by atoms with Crippen LogP contribution in [0.5, 0.6) is 5.88 Å². The van der Waals surface area contributed by atoms with Crippen LogP contribution in [-0.2, 0) is 4.79 Å². The number of rotatable bonds is 2. The molecule has 2 N–H and O–H groups in total. The van der Waals surface area contributed by atoms with E-state index in [0.717, 1.165) is 12.8 Å². The predicted molar refractivity (Wildman–Crippen MR) is 69.3 cm³/mol. The van der Waals surface area contributed by atoms with Gasteiger partial charge in [-0.25, -0.2) is 9.78 Å². The number of hydrogen-bond acceptors (Lipinski definition) is 5. The molecule has 2 saturated heterocycles. The summed E-state index contributed by atoms with van der Waals surface area (Å²) in [7, 11) is 0. The lowest BCUT2D eigenvalue weighted by Gasteiger charge is -2.28. The summed E-state index contributed by atoms with van der Waals surface area (Å²) in [4.78, 5) is 17.0. The quantitative estimate of drug-likeness (QED) is 0.864. The molecule has 2 aliphatic heterocycles. The zero-order valence-corrected chi connectivity index (χ0v) is 11.6. The zero-order chi connectivity index (χ0) is 16.2. The van der Waals surface area contributed by atoms with Crippen molar-refractivity contribution in [2.45, 2.75) is 50.0 Å². The first kappa shape index (κ1) is 16.5. The number of ether oxygens (including phenoxy) is 1. The Labute approximate surface area is 124 Å². The Bertz CT molecular complexity index is 486. The maximum absolute atomic E-state index is 10.6. The van der Waals surface area contributed by atoms with Crippen LogP contribution in [0.3, 0.4) is 0 Å². The van der Waals surface area contributed by atoms with Crippen molar-refractivity contribution < 1.29 is 27.8 Å². The Hall–Kier alpha value is -1.90. The third-order valence-corrected chi connectivity index (χ3v) is 3.50. The molecule has 1 aromatic heterocycles. The van der Waals surface area contributed by atoms with Gasteiger partial charge >= 0.3 is 12.1 Å². The summed E-state index contributed by atoms with van der Waals surface area (Å²) < 4.78 is 37.6. The van der Waals surface area contributed by atoms with Crippen LogP contribution in [0.2, 0.25) is 0 Å². The molecular weight excluding hydrogens is 303 g/mol. The fourth-order valence-electron chi connectivity index (χ4n) is 2.62. The van der Waals surface area contributed by atoms with Gasteiger partial charge in [-0.3, -0.25) is 4.98 Å². The van der Waals surface area contributed by atoms with Crippen molar-refractivity contribution in [1.82, 2.24) is 15.3 Å². The van der Waals surface area contributed by atoms with Crippen LogP contribution < -0.4 is 10.1 Å². The van der Waals surface area contributed by atoms with E-state index in [1.54, 1.807) is 18.6 Å². The van der Waals surface area contributed by atoms with Gasteiger partial charge in [-0.15, -0.1) is 0 Å². The molecule has 2 fully saturated rings. The van der Waals surface area contributed by atoms with Crippen molar-refractivity contribution >= 4 is 5.97 Å². The number of halogens is 3. The molecule has 0 saturated carbocycles. The van der Waals surface area contributed by atoms with Gasteiger partial charge in [0.2, 0.25) is 5.88 Å². The van der Waals surface area contributed by atoms with Crippen LogP contribution in [0, 0.1) is 0 Å². The van der Waals surface area contributed by atoms with Gasteiger partial charge in [-0.2, -0.15) is 13.2 Å². The van der Waals surface area contributed by atoms with Crippen molar-refractivity contribution in [2.24, 2.45) is 0 Å². The van der Waals surface area contributed by atoms with Crippen molar-refractivity contribution in [2.75, 3.05) is 0 Å².